The number of ether oxygens (including phenoxy) is 1. The number of hydrogen-bond acceptors (Lipinski definition) is 7. The summed E-state index contributed by atoms with van der Waals surface area (Å²) in [4.78, 5) is 19.5. The third-order valence-corrected chi connectivity index (χ3v) is 9.52. The molecule has 1 aliphatic rings. The van der Waals surface area contributed by atoms with Crippen molar-refractivity contribution in [2.45, 2.75) is 26.4 Å². The number of carbonyl (C=O) groups is 1. The van der Waals surface area contributed by atoms with Gasteiger partial charge in [0.2, 0.25) is 5.91 Å². The zero-order valence-corrected chi connectivity index (χ0v) is 26.2. The lowest BCUT2D eigenvalue weighted by molar-refractivity contribution is -0.129. The Morgan fingerprint density at radius 1 is 1.11 bits per heavy atom. The Kier molecular flexibility index (Phi) is 7.41. The highest BCUT2D eigenvalue weighted by Gasteiger charge is 2.31. The summed E-state index contributed by atoms with van der Waals surface area (Å²) in [6, 6.07) is 11.4. The molecule has 0 radical (unpaired) electrons. The fraction of sp³-hybridized carbons (Fsp3) is 0.235. The average Bonchev–Trinajstić information content (AvgIpc) is 3.77. The summed E-state index contributed by atoms with van der Waals surface area (Å²) < 4.78 is 40.6. The lowest BCUT2D eigenvalue weighted by Crippen LogP contribution is -2.40. The molecule has 0 aliphatic carbocycles. The van der Waals surface area contributed by atoms with Gasteiger partial charge in [-0.25, -0.2) is 13.8 Å². The quantitative estimate of drug-likeness (QED) is 0.202. The number of nitrogens with zero attached hydrogens (tertiary/aromatic N) is 6. The Bertz CT molecular complexity index is 2190. The summed E-state index contributed by atoms with van der Waals surface area (Å²) in [5.74, 6) is -1.87. The number of hydrogen-bond donors (Lipinski definition) is 1. The summed E-state index contributed by atoms with van der Waals surface area (Å²) in [7, 11) is 1.90. The minimum Gasteiger partial charge on any atom is -0.490 e. The molecule has 0 saturated carbocycles. The van der Waals surface area contributed by atoms with Crippen LogP contribution in [0.25, 0.3) is 54.8 Å². The second kappa shape index (κ2) is 11.5. The zero-order valence-electron chi connectivity index (χ0n) is 25.4. The molecule has 2 aromatic carbocycles. The number of halogens is 2. The molecule has 4 aromatic heterocycles. The Morgan fingerprint density at radius 2 is 1.93 bits per heavy atom. The molecule has 0 bridgehead atoms. The first kappa shape index (κ1) is 29.8. The van der Waals surface area contributed by atoms with Crippen LogP contribution in [-0.4, -0.2) is 60.2 Å². The molecule has 46 heavy (non-hydrogen) atoms. The molecule has 234 valence electrons. The summed E-state index contributed by atoms with van der Waals surface area (Å²) in [5, 5.41) is 22.8. The van der Waals surface area contributed by atoms with Gasteiger partial charge in [0.15, 0.2) is 0 Å². The second-order valence-corrected chi connectivity index (χ2v) is 12.1. The van der Waals surface area contributed by atoms with Crippen LogP contribution in [0.4, 0.5) is 8.78 Å². The van der Waals surface area contributed by atoms with Crippen molar-refractivity contribution in [3.63, 3.8) is 0 Å². The third kappa shape index (κ3) is 4.76. The normalized spacial score (nSPS) is 14.7. The zero-order chi connectivity index (χ0) is 32.3. The highest BCUT2D eigenvalue weighted by Crippen LogP contribution is 2.47. The first-order chi connectivity index (χ1) is 22.2. The van der Waals surface area contributed by atoms with Crippen molar-refractivity contribution in [3.8, 4) is 39.5 Å². The smallest absolute Gasteiger partial charge is 0.246 e. The van der Waals surface area contributed by atoms with E-state index in [9.17, 15) is 14.3 Å². The second-order valence-electron chi connectivity index (χ2n) is 11.2. The highest BCUT2D eigenvalue weighted by atomic mass is 32.1. The maximum atomic E-state index is 16.0. The van der Waals surface area contributed by atoms with Crippen LogP contribution in [0.1, 0.15) is 24.4 Å². The Hall–Kier alpha value is -4.94. The molecule has 5 heterocycles. The van der Waals surface area contributed by atoms with E-state index < -0.39 is 11.6 Å². The van der Waals surface area contributed by atoms with Gasteiger partial charge in [-0.2, -0.15) is 10.2 Å². The number of aliphatic hydroxyl groups is 1. The van der Waals surface area contributed by atoms with Crippen molar-refractivity contribution in [2.24, 2.45) is 7.05 Å². The van der Waals surface area contributed by atoms with Crippen LogP contribution >= 0.6 is 11.3 Å². The molecule has 6 aromatic rings. The molecule has 0 fully saturated rings. The minimum absolute atomic E-state index is 0.0228. The fourth-order valence-electron chi connectivity index (χ4n) is 6.24. The van der Waals surface area contributed by atoms with Gasteiger partial charge in [-0.3, -0.25) is 14.2 Å². The van der Waals surface area contributed by atoms with Gasteiger partial charge in [0.05, 0.1) is 41.7 Å². The lowest BCUT2D eigenvalue weighted by Gasteiger charge is -2.33. The van der Waals surface area contributed by atoms with Crippen LogP contribution in [-0.2, 0) is 18.4 Å². The maximum absolute atomic E-state index is 16.0. The minimum atomic E-state index is -0.830. The number of benzene rings is 2. The third-order valence-electron chi connectivity index (χ3n) is 8.59. The van der Waals surface area contributed by atoms with Crippen molar-refractivity contribution >= 4 is 38.2 Å². The van der Waals surface area contributed by atoms with E-state index in [0.29, 0.717) is 40.4 Å². The lowest BCUT2D eigenvalue weighted by atomic mass is 9.96. The average molecular weight is 641 g/mol. The van der Waals surface area contributed by atoms with Crippen molar-refractivity contribution in [1.29, 1.82) is 0 Å². The molecule has 7 rings (SSSR count). The first-order valence-electron chi connectivity index (χ1n) is 14.8. The largest absolute Gasteiger partial charge is 0.490 e. The van der Waals surface area contributed by atoms with E-state index in [2.05, 4.69) is 11.7 Å². The van der Waals surface area contributed by atoms with Crippen LogP contribution in [0.5, 0.6) is 5.75 Å². The standard InChI is InChI=1S/C34H30F2N6O3S/c1-5-29(44)41-9-10-42-27(19(41)3)17-26(39-42)33-31(30-24(36)15-21(35)16-28(30)45-12-11-43)34-23(8-13-46-34)32(37-33)20-6-7-22-18(2)40(4)38-25(22)14-20/h5-8,13-17,19,43H,1,9-12H2,2-4H3. The van der Waals surface area contributed by atoms with Crippen LogP contribution < -0.4 is 4.74 Å². The molecule has 0 spiro atoms. The Labute approximate surface area is 267 Å². The summed E-state index contributed by atoms with van der Waals surface area (Å²) in [6.07, 6.45) is 1.30. The van der Waals surface area contributed by atoms with Gasteiger partial charge >= 0.3 is 0 Å². The monoisotopic (exact) mass is 640 g/mol. The highest BCUT2D eigenvalue weighted by molar-refractivity contribution is 7.18. The number of pyridine rings is 1. The van der Waals surface area contributed by atoms with E-state index in [-0.39, 0.29) is 36.5 Å². The predicted octanol–water partition coefficient (Wildman–Crippen LogP) is 6.43. The topological polar surface area (TPSA) is 98.3 Å². The first-order valence-corrected chi connectivity index (χ1v) is 15.7. The number of fused-ring (bicyclic) bond motifs is 3. The molecule has 0 saturated heterocycles. The van der Waals surface area contributed by atoms with Crippen LogP contribution in [0, 0.1) is 18.6 Å². The van der Waals surface area contributed by atoms with E-state index in [1.807, 2.05) is 66.0 Å². The number of carbonyl (C=O) groups excluding carboxylic acids is 1. The van der Waals surface area contributed by atoms with Crippen molar-refractivity contribution < 1.29 is 23.4 Å². The van der Waals surface area contributed by atoms with Crippen LogP contribution in [0.15, 0.2) is 60.5 Å². The summed E-state index contributed by atoms with van der Waals surface area (Å²) in [5.41, 5.74) is 5.38. The van der Waals surface area contributed by atoms with Gasteiger partial charge < -0.3 is 14.7 Å². The van der Waals surface area contributed by atoms with Crippen molar-refractivity contribution in [2.75, 3.05) is 19.8 Å². The van der Waals surface area contributed by atoms with Crippen LogP contribution in [0.2, 0.25) is 0 Å². The predicted molar refractivity (Wildman–Crippen MR) is 174 cm³/mol. The SMILES string of the molecule is C=CC(=O)N1CCn2nc(-c3nc(-c4ccc5c(C)n(C)nc5c4)c4ccsc4c3-c3c(F)cc(F)cc3OCCO)cc2C1C. The van der Waals surface area contributed by atoms with E-state index >= 15 is 4.39 Å². The van der Waals surface area contributed by atoms with Gasteiger partial charge in [0.25, 0.3) is 0 Å². The van der Waals surface area contributed by atoms with Gasteiger partial charge in [-0.05, 0) is 43.5 Å². The molecule has 9 nitrogen and oxygen atoms in total. The van der Waals surface area contributed by atoms with Crippen LogP contribution in [0.3, 0.4) is 0 Å². The number of aryl methyl sites for hydroxylation is 2. The van der Waals surface area contributed by atoms with Crippen molar-refractivity contribution in [1.82, 2.24) is 29.4 Å². The maximum Gasteiger partial charge on any atom is 0.246 e. The molecule has 12 heteroatoms. The van der Waals surface area contributed by atoms with E-state index in [1.54, 1.807) is 4.90 Å². The van der Waals surface area contributed by atoms with E-state index in [0.717, 1.165) is 45.4 Å². The summed E-state index contributed by atoms with van der Waals surface area (Å²) >= 11 is 1.40. The molecule has 1 N–H and O–H groups in total. The van der Waals surface area contributed by atoms with Gasteiger partial charge in [0, 0.05) is 58.0 Å². The summed E-state index contributed by atoms with van der Waals surface area (Å²) in [6.45, 7) is 7.98. The number of aromatic nitrogens is 5. The number of rotatable bonds is 7. The molecule has 1 aliphatic heterocycles. The van der Waals surface area contributed by atoms with Crippen molar-refractivity contribution in [3.05, 3.63) is 83.5 Å². The molecule has 1 unspecified atom stereocenters. The number of amides is 1. The Morgan fingerprint density at radius 3 is 2.72 bits per heavy atom. The number of thiophene rings is 1. The molecular formula is C34H30F2N6O3S. The molecule has 1 atom stereocenters. The number of aliphatic hydroxyl groups excluding tert-OH is 1. The van der Waals surface area contributed by atoms with Gasteiger partial charge in [-0.1, -0.05) is 18.7 Å². The molecule has 1 amide bonds. The van der Waals surface area contributed by atoms with Gasteiger partial charge in [0.1, 0.15) is 35.4 Å². The van der Waals surface area contributed by atoms with Gasteiger partial charge in [-0.15, -0.1) is 11.3 Å². The fourth-order valence-corrected chi connectivity index (χ4v) is 7.19. The Balaban J connectivity index is 1.52. The molecular weight excluding hydrogens is 610 g/mol. The van der Waals surface area contributed by atoms with E-state index in [1.165, 1.54) is 17.4 Å². The van der Waals surface area contributed by atoms with E-state index in [4.69, 9.17) is 14.8 Å².